The van der Waals surface area contributed by atoms with Crippen molar-refractivity contribution in [1.82, 2.24) is 15.2 Å². The molecule has 3 rings (SSSR count). The van der Waals surface area contributed by atoms with Crippen molar-refractivity contribution in [2.24, 2.45) is 0 Å². The summed E-state index contributed by atoms with van der Waals surface area (Å²) >= 11 is 0. The topological polar surface area (TPSA) is 68.4 Å². The van der Waals surface area contributed by atoms with Gasteiger partial charge in [-0.2, -0.15) is 0 Å². The number of benzene rings is 1. The quantitative estimate of drug-likeness (QED) is 0.837. The van der Waals surface area contributed by atoms with Gasteiger partial charge in [-0.1, -0.05) is 18.2 Å². The van der Waals surface area contributed by atoms with Crippen LogP contribution in [-0.2, 0) is 0 Å². The summed E-state index contributed by atoms with van der Waals surface area (Å²) in [4.78, 5) is 31.6. The molecule has 1 aromatic heterocycles. The highest BCUT2D eigenvalue weighted by atomic mass is 16.2. The standard InChI is InChI=1S/C20H26N4O2/c1-15(23(2)17-8-4-3-5-9-17)13-22-19(25)16-12-18(21-14-16)20(26)24-10-6-7-11-24/h3-5,8-9,12,14-15,21H,6-7,10-11,13H2,1-2H3,(H,22,25)/t15-/m1/s1. The Morgan fingerprint density at radius 3 is 2.62 bits per heavy atom. The van der Waals surface area contributed by atoms with Gasteiger partial charge in [-0.3, -0.25) is 9.59 Å². The Kier molecular flexibility index (Phi) is 5.61. The second-order valence-electron chi connectivity index (χ2n) is 6.81. The van der Waals surface area contributed by atoms with Crippen molar-refractivity contribution < 1.29 is 9.59 Å². The van der Waals surface area contributed by atoms with Gasteiger partial charge >= 0.3 is 0 Å². The summed E-state index contributed by atoms with van der Waals surface area (Å²) in [6, 6.07) is 11.8. The van der Waals surface area contributed by atoms with Gasteiger partial charge in [0.25, 0.3) is 11.8 Å². The van der Waals surface area contributed by atoms with Gasteiger partial charge in [0, 0.05) is 44.6 Å². The molecule has 0 saturated carbocycles. The number of hydrogen-bond donors (Lipinski definition) is 2. The van der Waals surface area contributed by atoms with Crippen LogP contribution >= 0.6 is 0 Å². The number of carbonyl (C=O) groups is 2. The minimum atomic E-state index is -0.171. The molecule has 1 saturated heterocycles. The number of rotatable bonds is 6. The van der Waals surface area contributed by atoms with E-state index >= 15 is 0 Å². The fraction of sp³-hybridized carbons (Fsp3) is 0.400. The third-order valence-electron chi connectivity index (χ3n) is 4.95. The van der Waals surface area contributed by atoms with E-state index in [-0.39, 0.29) is 17.9 Å². The Labute approximate surface area is 154 Å². The summed E-state index contributed by atoms with van der Waals surface area (Å²) in [5, 5.41) is 2.95. The zero-order chi connectivity index (χ0) is 18.5. The highest BCUT2D eigenvalue weighted by Crippen LogP contribution is 2.15. The maximum Gasteiger partial charge on any atom is 0.270 e. The molecule has 138 valence electrons. The number of hydrogen-bond acceptors (Lipinski definition) is 3. The van der Waals surface area contributed by atoms with Crippen molar-refractivity contribution in [2.45, 2.75) is 25.8 Å². The SMILES string of the molecule is C[C@H](CNC(=O)c1c[nH]c(C(=O)N2CCCC2)c1)N(C)c1ccccc1. The molecule has 0 spiro atoms. The van der Waals surface area contributed by atoms with Gasteiger partial charge in [0.2, 0.25) is 0 Å². The first-order chi connectivity index (χ1) is 12.6. The molecular weight excluding hydrogens is 328 g/mol. The van der Waals surface area contributed by atoms with E-state index in [1.165, 1.54) is 0 Å². The Balaban J connectivity index is 1.54. The minimum absolute atomic E-state index is 0.0290. The summed E-state index contributed by atoms with van der Waals surface area (Å²) in [5.41, 5.74) is 2.07. The molecule has 6 nitrogen and oxygen atoms in total. The lowest BCUT2D eigenvalue weighted by atomic mass is 10.2. The van der Waals surface area contributed by atoms with Crippen molar-refractivity contribution in [3.63, 3.8) is 0 Å². The van der Waals surface area contributed by atoms with Crippen molar-refractivity contribution >= 4 is 17.5 Å². The van der Waals surface area contributed by atoms with Crippen LogP contribution < -0.4 is 10.2 Å². The van der Waals surface area contributed by atoms with E-state index in [1.54, 1.807) is 12.3 Å². The summed E-state index contributed by atoms with van der Waals surface area (Å²) in [6.07, 6.45) is 3.70. The first-order valence-corrected chi connectivity index (χ1v) is 9.10. The Morgan fingerprint density at radius 1 is 1.23 bits per heavy atom. The third kappa shape index (κ3) is 4.07. The summed E-state index contributed by atoms with van der Waals surface area (Å²) in [5.74, 6) is -0.200. The number of nitrogens with zero attached hydrogens (tertiary/aromatic N) is 2. The van der Waals surface area contributed by atoms with Crippen LogP contribution in [0.4, 0.5) is 5.69 Å². The van der Waals surface area contributed by atoms with E-state index in [1.807, 2.05) is 42.3 Å². The second kappa shape index (κ2) is 8.08. The highest BCUT2D eigenvalue weighted by molar-refractivity contribution is 5.99. The molecule has 26 heavy (non-hydrogen) atoms. The number of anilines is 1. The summed E-state index contributed by atoms with van der Waals surface area (Å²) < 4.78 is 0. The van der Waals surface area contributed by atoms with Gasteiger partial charge in [-0.05, 0) is 38.0 Å². The molecule has 2 amide bonds. The van der Waals surface area contributed by atoms with Crippen molar-refractivity contribution in [2.75, 3.05) is 31.6 Å². The fourth-order valence-electron chi connectivity index (χ4n) is 3.14. The fourth-order valence-corrected chi connectivity index (χ4v) is 3.14. The second-order valence-corrected chi connectivity index (χ2v) is 6.81. The molecule has 1 atom stereocenters. The molecule has 1 aliphatic heterocycles. The number of para-hydroxylation sites is 1. The van der Waals surface area contributed by atoms with Crippen LogP contribution in [0.5, 0.6) is 0 Å². The van der Waals surface area contributed by atoms with Gasteiger partial charge in [-0.25, -0.2) is 0 Å². The molecule has 0 aliphatic carbocycles. The molecule has 2 N–H and O–H groups in total. The van der Waals surface area contributed by atoms with E-state index in [2.05, 4.69) is 22.1 Å². The van der Waals surface area contributed by atoms with Crippen LogP contribution in [0.2, 0.25) is 0 Å². The van der Waals surface area contributed by atoms with Gasteiger partial charge in [0.1, 0.15) is 5.69 Å². The van der Waals surface area contributed by atoms with E-state index in [4.69, 9.17) is 0 Å². The number of aromatic amines is 1. The number of aromatic nitrogens is 1. The Hall–Kier alpha value is -2.76. The molecule has 1 fully saturated rings. The zero-order valence-corrected chi connectivity index (χ0v) is 15.4. The van der Waals surface area contributed by atoms with E-state index < -0.39 is 0 Å². The Morgan fingerprint density at radius 2 is 1.92 bits per heavy atom. The van der Waals surface area contributed by atoms with Crippen molar-refractivity contribution in [3.8, 4) is 0 Å². The highest BCUT2D eigenvalue weighted by Gasteiger charge is 2.22. The minimum Gasteiger partial charge on any atom is -0.370 e. The van der Waals surface area contributed by atoms with Crippen LogP contribution in [0.25, 0.3) is 0 Å². The molecule has 1 aromatic carbocycles. The molecular formula is C20H26N4O2. The van der Waals surface area contributed by atoms with E-state index in [9.17, 15) is 9.59 Å². The van der Waals surface area contributed by atoms with Gasteiger partial charge < -0.3 is 20.1 Å². The molecule has 1 aliphatic rings. The maximum absolute atomic E-state index is 12.4. The zero-order valence-electron chi connectivity index (χ0n) is 15.4. The van der Waals surface area contributed by atoms with E-state index in [0.717, 1.165) is 31.6 Å². The normalized spacial score (nSPS) is 14.9. The molecule has 0 bridgehead atoms. The predicted octanol–water partition coefficient (Wildman–Crippen LogP) is 2.51. The summed E-state index contributed by atoms with van der Waals surface area (Å²) in [7, 11) is 2.01. The first-order valence-electron chi connectivity index (χ1n) is 9.10. The lowest BCUT2D eigenvalue weighted by molar-refractivity contribution is 0.0787. The number of H-pyrrole nitrogens is 1. The lowest BCUT2D eigenvalue weighted by Crippen LogP contribution is -2.40. The monoisotopic (exact) mass is 354 g/mol. The third-order valence-corrected chi connectivity index (χ3v) is 4.95. The average molecular weight is 354 g/mol. The number of amides is 2. The largest absolute Gasteiger partial charge is 0.370 e. The lowest BCUT2D eigenvalue weighted by Gasteiger charge is -2.27. The predicted molar refractivity (Wildman–Crippen MR) is 103 cm³/mol. The van der Waals surface area contributed by atoms with Crippen LogP contribution in [0, 0.1) is 0 Å². The average Bonchev–Trinajstić information content (AvgIpc) is 3.37. The van der Waals surface area contributed by atoms with E-state index in [0.29, 0.717) is 17.8 Å². The summed E-state index contributed by atoms with van der Waals surface area (Å²) in [6.45, 7) is 4.17. The molecule has 0 radical (unpaired) electrons. The Bertz CT molecular complexity index is 750. The molecule has 0 unspecified atom stereocenters. The van der Waals surface area contributed by atoms with Gasteiger partial charge in [-0.15, -0.1) is 0 Å². The molecule has 2 heterocycles. The van der Waals surface area contributed by atoms with Gasteiger partial charge in [0.05, 0.1) is 5.56 Å². The molecule has 2 aromatic rings. The smallest absolute Gasteiger partial charge is 0.270 e. The van der Waals surface area contributed by atoms with Crippen LogP contribution in [-0.4, -0.2) is 54.4 Å². The first kappa shape index (κ1) is 18.0. The number of likely N-dealkylation sites (tertiary alicyclic amines) is 1. The van der Waals surface area contributed by atoms with Gasteiger partial charge in [0.15, 0.2) is 0 Å². The van der Waals surface area contributed by atoms with Crippen molar-refractivity contribution in [1.29, 1.82) is 0 Å². The van der Waals surface area contributed by atoms with Crippen LogP contribution in [0.1, 0.15) is 40.6 Å². The van der Waals surface area contributed by atoms with Crippen LogP contribution in [0.15, 0.2) is 42.6 Å². The molecule has 6 heteroatoms. The maximum atomic E-state index is 12.4. The number of likely N-dealkylation sites (N-methyl/N-ethyl adjacent to an activating group) is 1. The number of carbonyl (C=O) groups excluding carboxylic acids is 2. The van der Waals surface area contributed by atoms with Crippen molar-refractivity contribution in [3.05, 3.63) is 53.9 Å². The number of nitrogens with one attached hydrogen (secondary N) is 2. The van der Waals surface area contributed by atoms with Crippen LogP contribution in [0.3, 0.4) is 0 Å².